The van der Waals surface area contributed by atoms with Crippen molar-refractivity contribution in [1.82, 2.24) is 24.5 Å². The minimum Gasteiger partial charge on any atom is -0.309 e. The molecule has 0 radical (unpaired) electrons. The molecule has 47 heavy (non-hydrogen) atoms. The van der Waals surface area contributed by atoms with E-state index in [-0.39, 0.29) is 0 Å². The molecule has 9 rings (SSSR count). The van der Waals surface area contributed by atoms with Gasteiger partial charge in [0, 0.05) is 44.1 Å². The molecule has 5 heteroatoms. The Kier molecular flexibility index (Phi) is 6.39. The molecule has 0 unspecified atom stereocenters. The molecule has 0 amide bonds. The highest BCUT2D eigenvalue weighted by Crippen LogP contribution is 2.36. The largest absolute Gasteiger partial charge is 0.309 e. The van der Waals surface area contributed by atoms with E-state index in [1.807, 2.05) is 72.8 Å². The molecule has 3 aromatic heterocycles. The molecule has 0 atom stereocenters. The van der Waals surface area contributed by atoms with Gasteiger partial charge in [-0.3, -0.25) is 0 Å². The average molecular weight is 602 g/mol. The van der Waals surface area contributed by atoms with Gasteiger partial charge in [0.25, 0.3) is 0 Å². The number of benzene rings is 6. The highest BCUT2D eigenvalue weighted by Gasteiger charge is 2.17. The maximum Gasteiger partial charge on any atom is 0.164 e. The zero-order valence-corrected chi connectivity index (χ0v) is 25.3. The molecule has 220 valence electrons. The van der Waals surface area contributed by atoms with E-state index in [0.29, 0.717) is 17.5 Å². The smallest absolute Gasteiger partial charge is 0.164 e. The average Bonchev–Trinajstić information content (AvgIpc) is 3.49. The van der Waals surface area contributed by atoms with Crippen LogP contribution in [0, 0.1) is 0 Å². The zero-order chi connectivity index (χ0) is 31.2. The van der Waals surface area contributed by atoms with Gasteiger partial charge in [-0.25, -0.2) is 19.9 Å². The Morgan fingerprint density at radius 2 is 0.979 bits per heavy atom. The highest BCUT2D eigenvalue weighted by molar-refractivity contribution is 6.10. The van der Waals surface area contributed by atoms with Gasteiger partial charge in [0.05, 0.1) is 22.2 Å². The standard InChI is InChI=1S/C42H27N5/c1-3-13-29(14-4-1)40-44-41(30-15-5-2-6-16-30)46-42(45-40)32-23-25-39-35(27-32)34-19-8-10-21-38(34)47(39)33-18-11-17-31(26-33)37-24-22-28-12-7-9-20-36(28)43-37/h1-27H. The van der Waals surface area contributed by atoms with Crippen LogP contribution < -0.4 is 0 Å². The number of rotatable bonds is 5. The molecular formula is C42H27N5. The summed E-state index contributed by atoms with van der Waals surface area (Å²) in [7, 11) is 0. The number of para-hydroxylation sites is 2. The number of hydrogen-bond acceptors (Lipinski definition) is 4. The second kappa shape index (κ2) is 11.2. The number of fused-ring (bicyclic) bond motifs is 4. The van der Waals surface area contributed by atoms with Crippen molar-refractivity contribution >= 4 is 32.7 Å². The van der Waals surface area contributed by atoms with Gasteiger partial charge < -0.3 is 4.57 Å². The normalized spacial score (nSPS) is 11.4. The second-order valence-electron chi connectivity index (χ2n) is 11.6. The van der Waals surface area contributed by atoms with E-state index in [2.05, 4.69) is 95.6 Å². The molecule has 5 nitrogen and oxygen atoms in total. The Balaban J connectivity index is 1.21. The summed E-state index contributed by atoms with van der Waals surface area (Å²) < 4.78 is 2.33. The van der Waals surface area contributed by atoms with Crippen LogP contribution in [-0.4, -0.2) is 24.5 Å². The van der Waals surface area contributed by atoms with Gasteiger partial charge in [0.2, 0.25) is 0 Å². The molecular weight excluding hydrogens is 574 g/mol. The lowest BCUT2D eigenvalue weighted by molar-refractivity contribution is 1.07. The molecule has 0 fully saturated rings. The molecule has 9 aromatic rings. The lowest BCUT2D eigenvalue weighted by Gasteiger charge is -2.11. The summed E-state index contributed by atoms with van der Waals surface area (Å²) in [6.45, 7) is 0. The second-order valence-corrected chi connectivity index (χ2v) is 11.6. The van der Waals surface area contributed by atoms with Crippen molar-refractivity contribution in [2.24, 2.45) is 0 Å². The fraction of sp³-hybridized carbons (Fsp3) is 0. The van der Waals surface area contributed by atoms with E-state index < -0.39 is 0 Å². The van der Waals surface area contributed by atoms with E-state index in [9.17, 15) is 0 Å². The molecule has 6 aromatic carbocycles. The lowest BCUT2D eigenvalue weighted by Crippen LogP contribution is -2.00. The van der Waals surface area contributed by atoms with Crippen LogP contribution in [-0.2, 0) is 0 Å². The summed E-state index contributed by atoms with van der Waals surface area (Å²) in [5.74, 6) is 1.94. The molecule has 0 saturated heterocycles. The number of nitrogens with zero attached hydrogens (tertiary/aromatic N) is 5. The third-order valence-electron chi connectivity index (χ3n) is 8.63. The van der Waals surface area contributed by atoms with Crippen molar-refractivity contribution in [2.75, 3.05) is 0 Å². The van der Waals surface area contributed by atoms with Crippen LogP contribution in [0.3, 0.4) is 0 Å². The highest BCUT2D eigenvalue weighted by atomic mass is 15.0. The number of aromatic nitrogens is 5. The number of hydrogen-bond donors (Lipinski definition) is 0. The molecule has 0 bridgehead atoms. The van der Waals surface area contributed by atoms with Crippen LogP contribution >= 0.6 is 0 Å². The van der Waals surface area contributed by atoms with Gasteiger partial charge in [0.1, 0.15) is 0 Å². The van der Waals surface area contributed by atoms with Crippen molar-refractivity contribution < 1.29 is 0 Å². The monoisotopic (exact) mass is 601 g/mol. The van der Waals surface area contributed by atoms with Gasteiger partial charge in [-0.15, -0.1) is 0 Å². The van der Waals surface area contributed by atoms with E-state index in [4.69, 9.17) is 19.9 Å². The Morgan fingerprint density at radius 1 is 0.362 bits per heavy atom. The minimum atomic E-state index is 0.640. The molecule has 0 aliphatic heterocycles. The third kappa shape index (κ3) is 4.82. The Bertz CT molecular complexity index is 2510. The van der Waals surface area contributed by atoms with E-state index >= 15 is 0 Å². The first kappa shape index (κ1) is 26.9. The minimum absolute atomic E-state index is 0.640. The van der Waals surface area contributed by atoms with Crippen LogP contribution in [0.4, 0.5) is 0 Å². The molecule has 0 aliphatic rings. The fourth-order valence-electron chi connectivity index (χ4n) is 6.36. The first-order valence-electron chi connectivity index (χ1n) is 15.7. The summed E-state index contributed by atoms with van der Waals surface area (Å²) in [6.07, 6.45) is 0. The van der Waals surface area contributed by atoms with Gasteiger partial charge in [-0.1, -0.05) is 115 Å². The molecule has 0 spiro atoms. The summed E-state index contributed by atoms with van der Waals surface area (Å²) in [5.41, 5.74) is 9.17. The third-order valence-corrected chi connectivity index (χ3v) is 8.63. The van der Waals surface area contributed by atoms with Crippen LogP contribution in [0.2, 0.25) is 0 Å². The van der Waals surface area contributed by atoms with E-state index in [1.54, 1.807) is 0 Å². The first-order chi connectivity index (χ1) is 23.3. The molecule has 0 aliphatic carbocycles. The predicted octanol–water partition coefficient (Wildman–Crippen LogP) is 10.2. The first-order valence-corrected chi connectivity index (χ1v) is 15.7. The van der Waals surface area contributed by atoms with E-state index in [1.165, 1.54) is 5.39 Å². The Morgan fingerprint density at radius 3 is 1.74 bits per heavy atom. The summed E-state index contributed by atoms with van der Waals surface area (Å²) in [5, 5.41) is 3.44. The van der Waals surface area contributed by atoms with Crippen molar-refractivity contribution in [3.8, 4) is 51.1 Å². The van der Waals surface area contributed by atoms with Crippen LogP contribution in [0.5, 0.6) is 0 Å². The lowest BCUT2D eigenvalue weighted by atomic mass is 10.1. The van der Waals surface area contributed by atoms with Crippen LogP contribution in [0.1, 0.15) is 0 Å². The summed E-state index contributed by atoms with van der Waals surface area (Å²) >= 11 is 0. The van der Waals surface area contributed by atoms with E-state index in [0.717, 1.165) is 61.0 Å². The summed E-state index contributed by atoms with van der Waals surface area (Å²) in [4.78, 5) is 19.8. The van der Waals surface area contributed by atoms with Gasteiger partial charge in [0.15, 0.2) is 17.5 Å². The molecule has 0 N–H and O–H groups in total. The Labute approximate surface area is 271 Å². The maximum absolute atomic E-state index is 4.98. The summed E-state index contributed by atoms with van der Waals surface area (Å²) in [6, 6.07) is 56.3. The van der Waals surface area contributed by atoms with Crippen molar-refractivity contribution in [2.45, 2.75) is 0 Å². The van der Waals surface area contributed by atoms with Gasteiger partial charge >= 0.3 is 0 Å². The quantitative estimate of drug-likeness (QED) is 0.197. The SMILES string of the molecule is c1ccc(-c2nc(-c3ccccc3)nc(-c3ccc4c(c3)c3ccccc3n4-c3cccc(-c4ccc5ccccc5n4)c3)n2)cc1. The topological polar surface area (TPSA) is 56.5 Å². The molecule has 3 heterocycles. The zero-order valence-electron chi connectivity index (χ0n) is 25.3. The van der Waals surface area contributed by atoms with Gasteiger partial charge in [-0.05, 0) is 48.5 Å². The number of pyridine rings is 1. The predicted molar refractivity (Wildman–Crippen MR) is 191 cm³/mol. The van der Waals surface area contributed by atoms with Crippen LogP contribution in [0.15, 0.2) is 164 Å². The van der Waals surface area contributed by atoms with Crippen molar-refractivity contribution in [3.05, 3.63) is 164 Å². The Hall–Kier alpha value is -6.46. The maximum atomic E-state index is 4.98. The fourth-order valence-corrected chi connectivity index (χ4v) is 6.36. The molecule has 0 saturated carbocycles. The van der Waals surface area contributed by atoms with Crippen LogP contribution in [0.25, 0.3) is 83.8 Å². The van der Waals surface area contributed by atoms with Crippen molar-refractivity contribution in [1.29, 1.82) is 0 Å². The van der Waals surface area contributed by atoms with Gasteiger partial charge in [-0.2, -0.15) is 0 Å². The van der Waals surface area contributed by atoms with Crippen molar-refractivity contribution in [3.63, 3.8) is 0 Å².